The van der Waals surface area contributed by atoms with Crippen LogP contribution in [0, 0.1) is 0 Å². The zero-order valence-corrected chi connectivity index (χ0v) is 12.3. The Kier molecular flexibility index (Phi) is 4.62. The molecule has 0 saturated carbocycles. The summed E-state index contributed by atoms with van der Waals surface area (Å²) in [6, 6.07) is 7.26. The van der Waals surface area contributed by atoms with E-state index < -0.39 is 12.0 Å². The summed E-state index contributed by atoms with van der Waals surface area (Å²) < 4.78 is 0. The van der Waals surface area contributed by atoms with Crippen molar-refractivity contribution >= 4 is 22.8 Å². The number of H-pyrrole nitrogens is 1. The van der Waals surface area contributed by atoms with Gasteiger partial charge in [-0.1, -0.05) is 18.2 Å². The highest BCUT2D eigenvalue weighted by Gasteiger charge is 2.21. The number of para-hydroxylation sites is 1. The Hall–Kier alpha value is -2.30. The van der Waals surface area contributed by atoms with E-state index in [2.05, 4.69) is 11.1 Å². The summed E-state index contributed by atoms with van der Waals surface area (Å²) in [5.41, 5.74) is 2.28. The van der Waals surface area contributed by atoms with E-state index in [0.717, 1.165) is 11.9 Å². The van der Waals surface area contributed by atoms with Gasteiger partial charge in [0.15, 0.2) is 0 Å². The van der Waals surface area contributed by atoms with E-state index in [0.29, 0.717) is 12.8 Å². The number of hydrogen-bond acceptors (Lipinski definition) is 2. The van der Waals surface area contributed by atoms with E-state index in [4.69, 9.17) is 5.11 Å². The number of aromatic nitrogens is 1. The monoisotopic (exact) mass is 288 g/mol. The molecule has 1 heterocycles. The first-order valence-corrected chi connectivity index (χ1v) is 7.04. The Labute approximate surface area is 123 Å². The van der Waals surface area contributed by atoms with Gasteiger partial charge in [-0.2, -0.15) is 0 Å². The van der Waals surface area contributed by atoms with Crippen molar-refractivity contribution in [1.29, 1.82) is 0 Å². The summed E-state index contributed by atoms with van der Waals surface area (Å²) in [7, 11) is 1.53. The molecule has 0 aliphatic carbocycles. The largest absolute Gasteiger partial charge is 0.480 e. The molecule has 112 valence electrons. The number of hydrogen-bond donors (Lipinski definition) is 2. The first-order chi connectivity index (χ1) is 10.0. The van der Waals surface area contributed by atoms with Crippen LogP contribution in [-0.2, 0) is 16.0 Å². The summed E-state index contributed by atoms with van der Waals surface area (Å²) >= 11 is 0. The third kappa shape index (κ3) is 3.42. The number of nitrogens with zero attached hydrogens (tertiary/aromatic N) is 1. The van der Waals surface area contributed by atoms with Crippen molar-refractivity contribution < 1.29 is 14.7 Å². The molecule has 1 unspecified atom stereocenters. The Morgan fingerprint density at radius 1 is 1.33 bits per heavy atom. The number of nitrogens with one attached hydrogen (secondary N) is 1. The number of amides is 1. The lowest BCUT2D eigenvalue weighted by Gasteiger charge is -2.21. The quantitative estimate of drug-likeness (QED) is 0.857. The van der Waals surface area contributed by atoms with Crippen molar-refractivity contribution in [3.8, 4) is 0 Å². The Morgan fingerprint density at radius 3 is 2.76 bits per heavy atom. The normalized spacial score (nSPS) is 12.3. The number of carboxylic acid groups (broad SMARTS) is 1. The highest BCUT2D eigenvalue weighted by atomic mass is 16.4. The molecule has 0 spiro atoms. The molecule has 1 amide bonds. The van der Waals surface area contributed by atoms with E-state index in [1.807, 2.05) is 24.4 Å². The number of aryl methyl sites for hydroxylation is 1. The number of carboxylic acids is 1. The van der Waals surface area contributed by atoms with Crippen LogP contribution in [0.1, 0.15) is 25.3 Å². The van der Waals surface area contributed by atoms with Gasteiger partial charge in [-0.3, -0.25) is 4.79 Å². The number of aromatic amines is 1. The third-order valence-electron chi connectivity index (χ3n) is 3.84. The van der Waals surface area contributed by atoms with Gasteiger partial charge in [-0.15, -0.1) is 0 Å². The first kappa shape index (κ1) is 15.1. The Morgan fingerprint density at radius 2 is 2.05 bits per heavy atom. The lowest BCUT2D eigenvalue weighted by Crippen LogP contribution is -2.40. The van der Waals surface area contributed by atoms with E-state index in [9.17, 15) is 9.59 Å². The van der Waals surface area contributed by atoms with Crippen LogP contribution in [0.3, 0.4) is 0 Å². The average molecular weight is 288 g/mol. The van der Waals surface area contributed by atoms with Gasteiger partial charge in [0.2, 0.25) is 5.91 Å². The fourth-order valence-electron chi connectivity index (χ4n) is 2.33. The predicted molar refractivity (Wildman–Crippen MR) is 81.1 cm³/mol. The van der Waals surface area contributed by atoms with Crippen LogP contribution in [0.25, 0.3) is 10.9 Å². The summed E-state index contributed by atoms with van der Waals surface area (Å²) in [6.07, 6.45) is 3.83. The fourth-order valence-corrected chi connectivity index (χ4v) is 2.33. The SMILES string of the molecule is CC(C(=O)O)N(C)C(=O)CCCc1c[nH]c2ccccc12. The van der Waals surface area contributed by atoms with E-state index >= 15 is 0 Å². The molecule has 5 nitrogen and oxygen atoms in total. The van der Waals surface area contributed by atoms with Gasteiger partial charge >= 0.3 is 5.97 Å². The zero-order chi connectivity index (χ0) is 15.4. The lowest BCUT2D eigenvalue weighted by atomic mass is 10.1. The number of benzene rings is 1. The molecule has 0 fully saturated rings. The maximum absolute atomic E-state index is 11.9. The van der Waals surface area contributed by atoms with E-state index in [1.165, 1.54) is 29.8 Å². The molecule has 2 aromatic rings. The molecule has 2 N–H and O–H groups in total. The Bertz CT molecular complexity index is 648. The van der Waals surface area contributed by atoms with Crippen LogP contribution in [0.5, 0.6) is 0 Å². The fraction of sp³-hybridized carbons (Fsp3) is 0.375. The second-order valence-electron chi connectivity index (χ2n) is 5.23. The van der Waals surface area contributed by atoms with Crippen LogP contribution in [0.2, 0.25) is 0 Å². The molecule has 0 radical (unpaired) electrons. The van der Waals surface area contributed by atoms with Gasteiger partial charge in [-0.25, -0.2) is 4.79 Å². The van der Waals surface area contributed by atoms with Crippen LogP contribution in [0.15, 0.2) is 30.5 Å². The van der Waals surface area contributed by atoms with Gasteiger partial charge in [0, 0.05) is 30.6 Å². The highest BCUT2D eigenvalue weighted by molar-refractivity contribution is 5.84. The number of aliphatic carboxylic acids is 1. The molecule has 1 aromatic heterocycles. The number of carbonyl (C=O) groups is 2. The van der Waals surface area contributed by atoms with Crippen LogP contribution >= 0.6 is 0 Å². The first-order valence-electron chi connectivity index (χ1n) is 7.04. The topological polar surface area (TPSA) is 73.4 Å². The minimum Gasteiger partial charge on any atom is -0.480 e. The number of rotatable bonds is 6. The molecule has 0 bridgehead atoms. The van der Waals surface area contributed by atoms with Crippen LogP contribution < -0.4 is 0 Å². The molecule has 1 atom stereocenters. The smallest absolute Gasteiger partial charge is 0.326 e. The van der Waals surface area contributed by atoms with Crippen molar-refractivity contribution in [2.24, 2.45) is 0 Å². The van der Waals surface area contributed by atoms with Crippen molar-refractivity contribution in [2.45, 2.75) is 32.2 Å². The molecule has 5 heteroatoms. The maximum Gasteiger partial charge on any atom is 0.326 e. The number of likely N-dealkylation sites (N-methyl/N-ethyl adjacent to an activating group) is 1. The van der Waals surface area contributed by atoms with Gasteiger partial charge in [-0.05, 0) is 31.4 Å². The summed E-state index contributed by atoms with van der Waals surface area (Å²) in [5, 5.41) is 10.1. The van der Waals surface area contributed by atoms with Crippen molar-refractivity contribution in [1.82, 2.24) is 9.88 Å². The number of fused-ring (bicyclic) bond motifs is 1. The standard InChI is InChI=1S/C16H20N2O3/c1-11(16(20)21)18(2)15(19)9-5-6-12-10-17-14-8-4-3-7-13(12)14/h3-4,7-8,10-11,17H,5-6,9H2,1-2H3,(H,20,21). The summed E-state index contributed by atoms with van der Waals surface area (Å²) in [5.74, 6) is -1.12. The molecule has 0 aliphatic heterocycles. The summed E-state index contributed by atoms with van der Waals surface area (Å²) in [4.78, 5) is 27.3. The van der Waals surface area contributed by atoms with Crippen LogP contribution in [0.4, 0.5) is 0 Å². The average Bonchev–Trinajstić information content (AvgIpc) is 2.89. The highest BCUT2D eigenvalue weighted by Crippen LogP contribution is 2.19. The van der Waals surface area contributed by atoms with Gasteiger partial charge in [0.1, 0.15) is 6.04 Å². The molecule has 2 rings (SSSR count). The minimum atomic E-state index is -0.984. The van der Waals surface area contributed by atoms with Crippen molar-refractivity contribution in [3.63, 3.8) is 0 Å². The Balaban J connectivity index is 1.89. The van der Waals surface area contributed by atoms with Crippen molar-refractivity contribution in [2.75, 3.05) is 7.05 Å². The predicted octanol–water partition coefficient (Wildman–Crippen LogP) is 2.42. The molecule has 0 aliphatic rings. The van der Waals surface area contributed by atoms with Gasteiger partial charge in [0.05, 0.1) is 0 Å². The van der Waals surface area contributed by atoms with Crippen LogP contribution in [-0.4, -0.2) is 40.0 Å². The second-order valence-corrected chi connectivity index (χ2v) is 5.23. The third-order valence-corrected chi connectivity index (χ3v) is 3.84. The molecule has 21 heavy (non-hydrogen) atoms. The zero-order valence-electron chi connectivity index (χ0n) is 12.3. The van der Waals surface area contributed by atoms with Crippen molar-refractivity contribution in [3.05, 3.63) is 36.0 Å². The van der Waals surface area contributed by atoms with Gasteiger partial charge < -0.3 is 15.0 Å². The molecular formula is C16H20N2O3. The maximum atomic E-state index is 11.9. The molecule has 0 saturated heterocycles. The van der Waals surface area contributed by atoms with Gasteiger partial charge in [0.25, 0.3) is 0 Å². The van der Waals surface area contributed by atoms with E-state index in [1.54, 1.807) is 0 Å². The summed E-state index contributed by atoms with van der Waals surface area (Å²) in [6.45, 7) is 1.51. The molecule has 1 aromatic carbocycles. The van der Waals surface area contributed by atoms with E-state index in [-0.39, 0.29) is 5.91 Å². The molecular weight excluding hydrogens is 268 g/mol. The number of carbonyl (C=O) groups excluding carboxylic acids is 1. The lowest BCUT2D eigenvalue weighted by molar-refractivity contribution is -0.148. The second kappa shape index (κ2) is 6.43. The minimum absolute atomic E-state index is 0.134.